The van der Waals surface area contributed by atoms with Crippen molar-refractivity contribution in [3.05, 3.63) is 50.4 Å². The molecule has 1 atom stereocenters. The maximum Gasteiger partial charge on any atom is 0.252 e. The Morgan fingerprint density at radius 1 is 1.35 bits per heavy atom. The molecule has 0 radical (unpaired) electrons. The highest BCUT2D eigenvalue weighted by atomic mass is 79.9. The van der Waals surface area contributed by atoms with Crippen molar-refractivity contribution in [2.75, 3.05) is 13.1 Å². The van der Waals surface area contributed by atoms with Gasteiger partial charge in [0.15, 0.2) is 0 Å². The molecule has 0 spiro atoms. The molecule has 138 valence electrons. The highest BCUT2D eigenvalue weighted by molar-refractivity contribution is 9.10. The molecule has 1 fully saturated rings. The van der Waals surface area contributed by atoms with Crippen molar-refractivity contribution in [1.82, 2.24) is 20.7 Å². The Kier molecular flexibility index (Phi) is 6.39. The maximum atomic E-state index is 12.2. The van der Waals surface area contributed by atoms with Crippen molar-refractivity contribution in [2.24, 2.45) is 0 Å². The minimum atomic E-state index is -0.266. The number of nitrogens with zero attached hydrogens (tertiary/aromatic N) is 2. The molecule has 0 aliphatic carbocycles. The van der Waals surface area contributed by atoms with Gasteiger partial charge in [-0.3, -0.25) is 25.3 Å². The van der Waals surface area contributed by atoms with Gasteiger partial charge >= 0.3 is 0 Å². The lowest BCUT2D eigenvalue weighted by molar-refractivity contribution is -0.129. The summed E-state index contributed by atoms with van der Waals surface area (Å²) in [7, 11) is 0. The number of benzene rings is 1. The lowest BCUT2D eigenvalue weighted by Crippen LogP contribution is -2.46. The van der Waals surface area contributed by atoms with Gasteiger partial charge in [-0.15, -0.1) is 11.3 Å². The summed E-state index contributed by atoms with van der Waals surface area (Å²) >= 11 is 4.94. The summed E-state index contributed by atoms with van der Waals surface area (Å²) in [5.74, 6) is -0.478. The summed E-state index contributed by atoms with van der Waals surface area (Å²) < 4.78 is 1.04. The second-order valence-electron chi connectivity index (χ2n) is 6.34. The van der Waals surface area contributed by atoms with Gasteiger partial charge in [0.05, 0.1) is 13.0 Å². The molecule has 0 bridgehead atoms. The topological polar surface area (TPSA) is 74.3 Å². The van der Waals surface area contributed by atoms with Crippen LogP contribution in [0.3, 0.4) is 0 Å². The predicted molar refractivity (Wildman–Crippen MR) is 105 cm³/mol. The van der Waals surface area contributed by atoms with Crippen molar-refractivity contribution in [1.29, 1.82) is 0 Å². The van der Waals surface area contributed by atoms with E-state index in [1.165, 1.54) is 16.9 Å². The Bertz CT molecular complexity index is 795. The minimum absolute atomic E-state index is 0.170. The van der Waals surface area contributed by atoms with Gasteiger partial charge in [-0.1, -0.05) is 28.1 Å². The largest absolute Gasteiger partial charge is 0.287 e. The van der Waals surface area contributed by atoms with E-state index in [4.69, 9.17) is 0 Å². The van der Waals surface area contributed by atoms with Crippen LogP contribution in [0, 0.1) is 6.92 Å². The zero-order valence-electron chi connectivity index (χ0n) is 14.5. The fraction of sp³-hybridized carbons (Fsp3) is 0.389. The molecule has 1 aromatic carbocycles. The third-order valence-corrected chi connectivity index (χ3v) is 5.72. The van der Waals surface area contributed by atoms with E-state index < -0.39 is 0 Å². The molecule has 1 saturated heterocycles. The van der Waals surface area contributed by atoms with Gasteiger partial charge in [0.1, 0.15) is 5.01 Å². The molecule has 0 saturated carbocycles. The molecule has 1 aromatic heterocycles. The molecule has 1 unspecified atom stereocenters. The molecule has 26 heavy (non-hydrogen) atoms. The molecule has 6 nitrogen and oxygen atoms in total. The van der Waals surface area contributed by atoms with Crippen LogP contribution in [-0.4, -0.2) is 34.8 Å². The average molecular weight is 437 g/mol. The highest BCUT2D eigenvalue weighted by Gasteiger charge is 2.27. The number of likely N-dealkylation sites (tertiary alicyclic amines) is 1. The Morgan fingerprint density at radius 3 is 2.88 bits per heavy atom. The van der Waals surface area contributed by atoms with Crippen LogP contribution < -0.4 is 10.9 Å². The van der Waals surface area contributed by atoms with Crippen LogP contribution in [0.2, 0.25) is 0 Å². The maximum absolute atomic E-state index is 12.2. The average Bonchev–Trinajstić information content (AvgIpc) is 3.22. The van der Waals surface area contributed by atoms with Crippen LogP contribution in [-0.2, 0) is 16.0 Å². The van der Waals surface area contributed by atoms with E-state index in [1.807, 2.05) is 24.4 Å². The quantitative estimate of drug-likeness (QED) is 0.706. The number of carbonyl (C=O) groups is 2. The number of hydrogen-bond acceptors (Lipinski definition) is 5. The number of carbonyl (C=O) groups excluding carboxylic acids is 2. The first-order valence-electron chi connectivity index (χ1n) is 8.49. The van der Waals surface area contributed by atoms with E-state index in [1.54, 1.807) is 0 Å². The fourth-order valence-corrected chi connectivity index (χ4v) is 4.32. The third-order valence-electron chi connectivity index (χ3n) is 4.26. The lowest BCUT2D eigenvalue weighted by Gasteiger charge is -2.24. The van der Waals surface area contributed by atoms with Crippen molar-refractivity contribution >= 4 is 39.1 Å². The number of rotatable bonds is 5. The Labute approximate surface area is 165 Å². The van der Waals surface area contributed by atoms with Gasteiger partial charge in [-0.2, -0.15) is 0 Å². The number of hydrazine groups is 1. The van der Waals surface area contributed by atoms with Crippen molar-refractivity contribution in [2.45, 2.75) is 32.2 Å². The molecule has 8 heteroatoms. The minimum Gasteiger partial charge on any atom is -0.287 e. The van der Waals surface area contributed by atoms with E-state index in [0.717, 1.165) is 34.6 Å². The number of nitrogens with one attached hydrogen (secondary N) is 2. The molecular formula is C18H21BrN4O2S. The van der Waals surface area contributed by atoms with Gasteiger partial charge in [-0.05, 0) is 44.0 Å². The molecule has 3 rings (SSSR count). The molecule has 2 heterocycles. The number of halogens is 1. The number of amides is 2. The fourth-order valence-electron chi connectivity index (χ4n) is 3.14. The van der Waals surface area contributed by atoms with Crippen LogP contribution in [0.1, 0.15) is 35.1 Å². The molecular weight excluding hydrogens is 416 g/mol. The smallest absolute Gasteiger partial charge is 0.252 e. The highest BCUT2D eigenvalue weighted by Crippen LogP contribution is 2.32. The first-order valence-corrected chi connectivity index (χ1v) is 10.2. The number of aromatic nitrogens is 1. The van der Waals surface area contributed by atoms with Gasteiger partial charge in [0.25, 0.3) is 5.91 Å². The third kappa shape index (κ3) is 5.12. The van der Waals surface area contributed by atoms with E-state index in [0.29, 0.717) is 0 Å². The van der Waals surface area contributed by atoms with Crippen LogP contribution in [0.5, 0.6) is 0 Å². The summed E-state index contributed by atoms with van der Waals surface area (Å²) in [5.41, 5.74) is 7.08. The van der Waals surface area contributed by atoms with Crippen molar-refractivity contribution in [3.63, 3.8) is 0 Å². The zero-order chi connectivity index (χ0) is 18.5. The van der Waals surface area contributed by atoms with E-state index in [2.05, 4.69) is 48.8 Å². The number of thiazole rings is 1. The summed E-state index contributed by atoms with van der Waals surface area (Å²) in [6.45, 7) is 3.02. The Morgan fingerprint density at radius 2 is 2.15 bits per heavy atom. The zero-order valence-corrected chi connectivity index (χ0v) is 16.9. The summed E-state index contributed by atoms with van der Waals surface area (Å²) in [4.78, 5) is 30.5. The second-order valence-corrected chi connectivity index (χ2v) is 8.20. The van der Waals surface area contributed by atoms with Gasteiger partial charge in [0, 0.05) is 21.6 Å². The van der Waals surface area contributed by atoms with Crippen LogP contribution in [0.4, 0.5) is 0 Å². The Hall–Kier alpha value is -1.77. The first-order chi connectivity index (χ1) is 12.5. The van der Waals surface area contributed by atoms with Crippen LogP contribution in [0.25, 0.3) is 0 Å². The van der Waals surface area contributed by atoms with Gasteiger partial charge in [-0.25, -0.2) is 4.98 Å². The Balaban J connectivity index is 1.48. The lowest BCUT2D eigenvalue weighted by atomic mass is 10.0. The van der Waals surface area contributed by atoms with Crippen molar-refractivity contribution < 1.29 is 9.59 Å². The van der Waals surface area contributed by atoms with Crippen LogP contribution >= 0.6 is 27.3 Å². The van der Waals surface area contributed by atoms with E-state index in [-0.39, 0.29) is 30.8 Å². The molecule has 2 N–H and O–H groups in total. The standard InChI is InChI=1S/C18H21BrN4O2S/c1-12-11-26-18(20-12)9-16(24)21-22-17(25)10-23-7-3-6-15(23)13-4-2-5-14(19)8-13/h2,4-5,8,11,15H,3,6-7,9-10H2,1H3,(H,21,24)(H,22,25). The molecule has 2 aromatic rings. The second kappa shape index (κ2) is 8.75. The van der Waals surface area contributed by atoms with Gasteiger partial charge < -0.3 is 0 Å². The molecule has 1 aliphatic heterocycles. The van der Waals surface area contributed by atoms with Crippen LogP contribution in [0.15, 0.2) is 34.1 Å². The predicted octanol–water partition coefficient (Wildman–Crippen LogP) is 2.74. The molecule has 1 aliphatic rings. The summed E-state index contributed by atoms with van der Waals surface area (Å²) in [6.07, 6.45) is 2.25. The number of aryl methyl sites for hydroxylation is 1. The molecule has 2 amide bonds. The normalized spacial score (nSPS) is 17.2. The summed E-state index contributed by atoms with van der Waals surface area (Å²) in [6, 6.07) is 8.42. The van der Waals surface area contributed by atoms with Gasteiger partial charge in [0.2, 0.25) is 5.91 Å². The monoisotopic (exact) mass is 436 g/mol. The number of hydrogen-bond donors (Lipinski definition) is 2. The van der Waals surface area contributed by atoms with E-state index >= 15 is 0 Å². The van der Waals surface area contributed by atoms with Crippen molar-refractivity contribution in [3.8, 4) is 0 Å². The SMILES string of the molecule is Cc1csc(CC(=O)NNC(=O)CN2CCCC2c2cccc(Br)c2)n1. The van der Waals surface area contributed by atoms with E-state index in [9.17, 15) is 9.59 Å². The summed E-state index contributed by atoms with van der Waals surface area (Å²) in [5, 5.41) is 2.64. The first kappa shape index (κ1) is 19.0.